The topological polar surface area (TPSA) is 114 Å². The van der Waals surface area contributed by atoms with Gasteiger partial charge in [0.05, 0.1) is 18.1 Å². The molecule has 1 aliphatic rings. The van der Waals surface area contributed by atoms with Gasteiger partial charge in [-0.1, -0.05) is 32.0 Å². The Labute approximate surface area is 187 Å². The molecule has 2 heterocycles. The maximum atomic E-state index is 12.7. The summed E-state index contributed by atoms with van der Waals surface area (Å²) in [7, 11) is 0. The van der Waals surface area contributed by atoms with Crippen LogP contribution < -0.4 is 16.1 Å². The van der Waals surface area contributed by atoms with Crippen LogP contribution in [-0.4, -0.2) is 40.7 Å². The zero-order chi connectivity index (χ0) is 22.8. The summed E-state index contributed by atoms with van der Waals surface area (Å²) in [6.07, 6.45) is 8.25. The number of hydrogen-bond donors (Lipinski definition) is 3. The number of ether oxygens (including phenoxy) is 1. The third-order valence-electron chi connectivity index (χ3n) is 4.80. The van der Waals surface area contributed by atoms with Crippen LogP contribution in [0.5, 0.6) is 0 Å². The maximum Gasteiger partial charge on any atom is 0.267 e. The molecule has 2 atom stereocenters. The van der Waals surface area contributed by atoms with Gasteiger partial charge in [0.1, 0.15) is 11.9 Å². The lowest BCUT2D eigenvalue weighted by atomic mass is 10.0. The van der Waals surface area contributed by atoms with Crippen molar-refractivity contribution in [1.29, 1.82) is 0 Å². The summed E-state index contributed by atoms with van der Waals surface area (Å²) in [5.41, 5.74) is 3.57. The van der Waals surface area contributed by atoms with E-state index in [-0.39, 0.29) is 11.8 Å². The van der Waals surface area contributed by atoms with E-state index in [2.05, 4.69) is 26.1 Å². The molecular weight excluding hydrogens is 410 g/mol. The number of para-hydroxylation sites is 1. The number of anilines is 2. The summed E-state index contributed by atoms with van der Waals surface area (Å²) in [4.78, 5) is 38.4. The van der Waals surface area contributed by atoms with Gasteiger partial charge in [-0.2, -0.15) is 0 Å². The SMILES string of the molecule is CC(C)[C@@H](Nc1cnc(C=CC(=O)NOC2CCCCO2)cn1)C(=O)Nc1ccccc1. The van der Waals surface area contributed by atoms with Crippen molar-refractivity contribution >= 4 is 29.4 Å². The first kappa shape index (κ1) is 23.4. The average molecular weight is 440 g/mol. The first-order chi connectivity index (χ1) is 15.5. The quantitative estimate of drug-likeness (QED) is 0.406. The minimum Gasteiger partial charge on any atom is -0.357 e. The van der Waals surface area contributed by atoms with Gasteiger partial charge in [-0.15, -0.1) is 0 Å². The van der Waals surface area contributed by atoms with E-state index in [9.17, 15) is 9.59 Å². The standard InChI is InChI=1S/C23H29N5O4/c1-16(2)22(23(30)26-17-8-4-3-5-9-17)27-19-15-24-18(14-25-19)11-12-20(29)28-32-21-10-6-7-13-31-21/h3-5,8-9,11-12,14-16,21-22H,6-7,10,13H2,1-2H3,(H,25,27)(H,26,30)(H,28,29)/t21?,22-/m1/s1. The highest BCUT2D eigenvalue weighted by atomic mass is 16.8. The van der Waals surface area contributed by atoms with Crippen molar-refractivity contribution in [2.24, 2.45) is 5.92 Å². The molecule has 2 aromatic rings. The number of carbonyl (C=O) groups is 2. The van der Waals surface area contributed by atoms with Gasteiger partial charge in [0.2, 0.25) is 5.91 Å². The van der Waals surface area contributed by atoms with Crippen LogP contribution in [-0.2, 0) is 19.2 Å². The van der Waals surface area contributed by atoms with Gasteiger partial charge in [-0.25, -0.2) is 15.3 Å². The monoisotopic (exact) mass is 439 g/mol. The molecule has 1 fully saturated rings. The van der Waals surface area contributed by atoms with E-state index in [1.165, 1.54) is 24.5 Å². The fourth-order valence-electron chi connectivity index (χ4n) is 3.06. The number of benzene rings is 1. The molecule has 1 aromatic carbocycles. The third-order valence-corrected chi connectivity index (χ3v) is 4.80. The van der Waals surface area contributed by atoms with Gasteiger partial charge in [-0.05, 0) is 37.0 Å². The van der Waals surface area contributed by atoms with Crippen molar-refractivity contribution in [1.82, 2.24) is 15.4 Å². The molecule has 2 amide bonds. The molecule has 9 heteroatoms. The normalized spacial score (nSPS) is 17.2. The lowest BCUT2D eigenvalue weighted by Crippen LogP contribution is -2.39. The Morgan fingerprint density at radius 1 is 1.16 bits per heavy atom. The average Bonchev–Trinajstić information content (AvgIpc) is 2.81. The van der Waals surface area contributed by atoms with Crippen LogP contribution in [0.25, 0.3) is 6.08 Å². The van der Waals surface area contributed by atoms with Gasteiger partial charge in [-0.3, -0.25) is 14.6 Å². The molecule has 3 N–H and O–H groups in total. The van der Waals surface area contributed by atoms with E-state index in [0.29, 0.717) is 18.1 Å². The largest absolute Gasteiger partial charge is 0.357 e. The molecule has 0 aliphatic carbocycles. The molecular formula is C23H29N5O4. The summed E-state index contributed by atoms with van der Waals surface area (Å²) in [6, 6.07) is 8.79. The summed E-state index contributed by atoms with van der Waals surface area (Å²) >= 11 is 0. The fourth-order valence-corrected chi connectivity index (χ4v) is 3.06. The zero-order valence-corrected chi connectivity index (χ0v) is 18.3. The smallest absolute Gasteiger partial charge is 0.267 e. The first-order valence-corrected chi connectivity index (χ1v) is 10.7. The van der Waals surface area contributed by atoms with Crippen molar-refractivity contribution in [3.05, 3.63) is 54.5 Å². The van der Waals surface area contributed by atoms with Gasteiger partial charge in [0.25, 0.3) is 5.91 Å². The number of hydroxylamine groups is 1. The molecule has 0 spiro atoms. The third kappa shape index (κ3) is 7.44. The number of carbonyl (C=O) groups excluding carboxylic acids is 2. The zero-order valence-electron chi connectivity index (χ0n) is 18.3. The summed E-state index contributed by atoms with van der Waals surface area (Å²) in [5, 5.41) is 6.02. The van der Waals surface area contributed by atoms with Crippen LogP contribution in [0, 0.1) is 5.92 Å². The molecule has 32 heavy (non-hydrogen) atoms. The second-order valence-corrected chi connectivity index (χ2v) is 7.76. The molecule has 1 aliphatic heterocycles. The minimum atomic E-state index is -0.490. The molecule has 0 saturated carbocycles. The molecule has 1 aromatic heterocycles. The number of rotatable bonds is 9. The van der Waals surface area contributed by atoms with E-state index < -0.39 is 18.2 Å². The van der Waals surface area contributed by atoms with Crippen LogP contribution in [0.3, 0.4) is 0 Å². The lowest BCUT2D eigenvalue weighted by Gasteiger charge is -2.22. The van der Waals surface area contributed by atoms with E-state index in [0.717, 1.165) is 24.9 Å². The number of nitrogens with one attached hydrogen (secondary N) is 3. The highest BCUT2D eigenvalue weighted by Gasteiger charge is 2.22. The van der Waals surface area contributed by atoms with Crippen LogP contribution in [0.1, 0.15) is 38.8 Å². The summed E-state index contributed by atoms with van der Waals surface area (Å²) < 4.78 is 5.38. The van der Waals surface area contributed by atoms with Crippen molar-refractivity contribution < 1.29 is 19.2 Å². The van der Waals surface area contributed by atoms with E-state index in [1.54, 1.807) is 0 Å². The fraction of sp³-hybridized carbons (Fsp3) is 0.391. The first-order valence-electron chi connectivity index (χ1n) is 10.7. The molecule has 1 saturated heterocycles. The van der Waals surface area contributed by atoms with Gasteiger partial charge in [0, 0.05) is 24.8 Å². The van der Waals surface area contributed by atoms with Gasteiger partial charge >= 0.3 is 0 Å². The van der Waals surface area contributed by atoms with Gasteiger partial charge in [0.15, 0.2) is 6.29 Å². The molecule has 0 bridgehead atoms. The predicted octanol–water partition coefficient (Wildman–Crippen LogP) is 3.14. The summed E-state index contributed by atoms with van der Waals surface area (Å²) in [6.45, 7) is 4.54. The molecule has 0 radical (unpaired) electrons. The Morgan fingerprint density at radius 3 is 2.62 bits per heavy atom. The van der Waals surface area contributed by atoms with Crippen LogP contribution in [0.2, 0.25) is 0 Å². The second-order valence-electron chi connectivity index (χ2n) is 7.76. The Kier molecular flexibility index (Phi) is 8.70. The minimum absolute atomic E-state index is 0.0249. The number of aromatic nitrogens is 2. The molecule has 9 nitrogen and oxygen atoms in total. The van der Waals surface area contributed by atoms with Crippen LogP contribution in [0.15, 0.2) is 48.8 Å². The highest BCUT2D eigenvalue weighted by molar-refractivity contribution is 5.96. The highest BCUT2D eigenvalue weighted by Crippen LogP contribution is 2.14. The Bertz CT molecular complexity index is 896. The predicted molar refractivity (Wildman–Crippen MR) is 121 cm³/mol. The van der Waals surface area contributed by atoms with E-state index in [4.69, 9.17) is 9.57 Å². The van der Waals surface area contributed by atoms with Gasteiger partial charge < -0.3 is 15.4 Å². The summed E-state index contributed by atoms with van der Waals surface area (Å²) in [5.74, 6) is -0.0839. The van der Waals surface area contributed by atoms with Crippen LogP contribution >= 0.6 is 0 Å². The Morgan fingerprint density at radius 2 is 1.97 bits per heavy atom. The van der Waals surface area contributed by atoms with Crippen molar-refractivity contribution in [3.63, 3.8) is 0 Å². The van der Waals surface area contributed by atoms with E-state index in [1.807, 2.05) is 44.2 Å². The maximum absolute atomic E-state index is 12.7. The number of amides is 2. The molecule has 3 rings (SSSR count). The Hall–Kier alpha value is -3.30. The van der Waals surface area contributed by atoms with Crippen molar-refractivity contribution in [2.45, 2.75) is 45.4 Å². The second kappa shape index (κ2) is 11.9. The molecule has 170 valence electrons. The molecule has 1 unspecified atom stereocenters. The Balaban J connectivity index is 1.51. The number of nitrogens with zero attached hydrogens (tertiary/aromatic N) is 2. The van der Waals surface area contributed by atoms with Crippen LogP contribution in [0.4, 0.5) is 11.5 Å². The van der Waals surface area contributed by atoms with Crippen molar-refractivity contribution in [3.8, 4) is 0 Å². The number of hydrogen-bond acceptors (Lipinski definition) is 7. The van der Waals surface area contributed by atoms with Crippen molar-refractivity contribution in [2.75, 3.05) is 17.2 Å². The van der Waals surface area contributed by atoms with E-state index >= 15 is 0 Å². The lowest BCUT2D eigenvalue weighted by molar-refractivity contribution is -0.198.